The van der Waals surface area contributed by atoms with Crippen LogP contribution in [0.5, 0.6) is 0 Å². The number of benzene rings is 1. The molecule has 0 radical (unpaired) electrons. The van der Waals surface area contributed by atoms with E-state index in [2.05, 4.69) is 32.0 Å². The zero-order chi connectivity index (χ0) is 9.47. The van der Waals surface area contributed by atoms with Crippen molar-refractivity contribution in [2.75, 3.05) is 0 Å². The third-order valence-electron chi connectivity index (χ3n) is 2.40. The van der Waals surface area contributed by atoms with E-state index in [9.17, 15) is 0 Å². The van der Waals surface area contributed by atoms with Crippen LogP contribution in [0.1, 0.15) is 24.0 Å². The second-order valence-electron chi connectivity index (χ2n) is 3.94. The smallest absolute Gasteiger partial charge is 0.0669 e. The van der Waals surface area contributed by atoms with Crippen LogP contribution in [0.25, 0.3) is 0 Å². The van der Waals surface area contributed by atoms with Crippen molar-refractivity contribution < 1.29 is 0 Å². The summed E-state index contributed by atoms with van der Waals surface area (Å²) < 4.78 is 0. The highest BCUT2D eigenvalue weighted by atomic mass is 32.2. The molecule has 1 aromatic carbocycles. The molecule has 2 N–H and O–H groups in total. The minimum atomic E-state index is 0.0541. The van der Waals surface area contributed by atoms with Gasteiger partial charge in [-0.1, -0.05) is 12.1 Å². The first kappa shape index (κ1) is 9.10. The minimum Gasteiger partial charge on any atom is -0.317 e. The normalized spacial score (nSPS) is 18.7. The number of thioether (sulfide) groups is 1. The lowest BCUT2D eigenvalue weighted by Crippen LogP contribution is -2.16. The molecule has 0 atom stereocenters. The van der Waals surface area contributed by atoms with Crippen LogP contribution in [-0.4, -0.2) is 4.87 Å². The Morgan fingerprint density at radius 3 is 2.62 bits per heavy atom. The zero-order valence-corrected chi connectivity index (χ0v) is 8.95. The van der Waals surface area contributed by atoms with Crippen LogP contribution in [-0.2, 0) is 0 Å². The molecule has 0 heterocycles. The van der Waals surface area contributed by atoms with Gasteiger partial charge < -0.3 is 5.73 Å². The van der Waals surface area contributed by atoms with E-state index in [0.29, 0.717) is 0 Å². The molecule has 1 aliphatic carbocycles. The van der Waals surface area contributed by atoms with Crippen molar-refractivity contribution in [3.05, 3.63) is 29.3 Å². The molecule has 0 unspecified atom stereocenters. The fourth-order valence-electron chi connectivity index (χ4n) is 1.26. The summed E-state index contributed by atoms with van der Waals surface area (Å²) in [6.45, 7) is 4.27. The SMILES string of the molecule is Cc1ccc(C)c(SC2(N)CC2)c1. The summed E-state index contributed by atoms with van der Waals surface area (Å²) in [7, 11) is 0. The average Bonchev–Trinajstić information content (AvgIpc) is 2.76. The number of hydrogen-bond acceptors (Lipinski definition) is 2. The second-order valence-corrected chi connectivity index (χ2v) is 5.39. The molecule has 2 rings (SSSR count). The largest absolute Gasteiger partial charge is 0.317 e. The molecule has 1 aromatic rings. The van der Waals surface area contributed by atoms with Crippen molar-refractivity contribution in [1.82, 2.24) is 0 Å². The van der Waals surface area contributed by atoms with Crippen LogP contribution in [0, 0.1) is 13.8 Å². The van der Waals surface area contributed by atoms with Gasteiger partial charge in [0.25, 0.3) is 0 Å². The number of rotatable bonds is 2. The van der Waals surface area contributed by atoms with Crippen molar-refractivity contribution in [2.45, 2.75) is 36.5 Å². The molecule has 0 amide bonds. The van der Waals surface area contributed by atoms with Gasteiger partial charge in [-0.2, -0.15) is 0 Å². The van der Waals surface area contributed by atoms with E-state index in [1.165, 1.54) is 16.0 Å². The maximum absolute atomic E-state index is 6.06. The van der Waals surface area contributed by atoms with Crippen molar-refractivity contribution in [2.24, 2.45) is 5.73 Å². The first-order valence-corrected chi connectivity index (χ1v) is 5.46. The van der Waals surface area contributed by atoms with Gasteiger partial charge in [-0.25, -0.2) is 0 Å². The van der Waals surface area contributed by atoms with Gasteiger partial charge in [0.05, 0.1) is 4.87 Å². The lowest BCUT2D eigenvalue weighted by molar-refractivity contribution is 0.979. The minimum absolute atomic E-state index is 0.0541. The van der Waals surface area contributed by atoms with Crippen LogP contribution in [0.2, 0.25) is 0 Å². The summed E-state index contributed by atoms with van der Waals surface area (Å²) in [6.07, 6.45) is 2.32. The Morgan fingerprint density at radius 1 is 1.31 bits per heavy atom. The zero-order valence-electron chi connectivity index (χ0n) is 8.13. The van der Waals surface area contributed by atoms with Crippen LogP contribution in [0.4, 0.5) is 0 Å². The second kappa shape index (κ2) is 3.03. The Bertz CT molecular complexity index is 329. The van der Waals surface area contributed by atoms with Gasteiger partial charge in [-0.05, 0) is 43.9 Å². The van der Waals surface area contributed by atoms with Crippen LogP contribution in [0.15, 0.2) is 23.1 Å². The molecule has 0 spiro atoms. The fourth-order valence-corrected chi connectivity index (χ4v) is 2.48. The monoisotopic (exact) mass is 193 g/mol. The first-order valence-electron chi connectivity index (χ1n) is 4.64. The highest BCUT2D eigenvalue weighted by Gasteiger charge is 2.39. The molecular weight excluding hydrogens is 178 g/mol. The number of hydrogen-bond donors (Lipinski definition) is 1. The van der Waals surface area contributed by atoms with E-state index in [0.717, 1.165) is 12.8 Å². The Kier molecular flexibility index (Phi) is 2.12. The lowest BCUT2D eigenvalue weighted by Gasteiger charge is -2.11. The van der Waals surface area contributed by atoms with E-state index in [-0.39, 0.29) is 4.87 Å². The van der Waals surface area contributed by atoms with E-state index in [1.807, 2.05) is 11.8 Å². The van der Waals surface area contributed by atoms with Crippen molar-refractivity contribution >= 4 is 11.8 Å². The molecule has 1 aliphatic rings. The first-order chi connectivity index (χ1) is 6.09. The molecule has 1 nitrogen and oxygen atoms in total. The molecule has 70 valence electrons. The van der Waals surface area contributed by atoms with Crippen molar-refractivity contribution in [3.63, 3.8) is 0 Å². The molecule has 2 heteroatoms. The predicted octanol–water partition coefficient (Wildman–Crippen LogP) is 2.84. The number of nitrogens with two attached hydrogens (primary N) is 1. The van der Waals surface area contributed by atoms with Gasteiger partial charge in [0.2, 0.25) is 0 Å². The molecule has 1 saturated carbocycles. The summed E-state index contributed by atoms with van der Waals surface area (Å²) in [5.74, 6) is 0. The molecule has 0 bridgehead atoms. The van der Waals surface area contributed by atoms with Gasteiger partial charge in [-0.3, -0.25) is 0 Å². The summed E-state index contributed by atoms with van der Waals surface area (Å²) in [5, 5.41) is 0. The van der Waals surface area contributed by atoms with E-state index < -0.39 is 0 Å². The molecular formula is C11H15NS. The van der Waals surface area contributed by atoms with Crippen molar-refractivity contribution in [1.29, 1.82) is 0 Å². The standard InChI is InChI=1S/C11H15NS/c1-8-3-4-9(2)10(7-8)13-11(12)5-6-11/h3-4,7H,5-6,12H2,1-2H3. The molecule has 1 fully saturated rings. The third-order valence-corrected chi connectivity index (χ3v) is 3.87. The Hall–Kier alpha value is -0.470. The summed E-state index contributed by atoms with van der Waals surface area (Å²) >= 11 is 1.83. The van der Waals surface area contributed by atoms with Gasteiger partial charge in [-0.15, -0.1) is 11.8 Å². The van der Waals surface area contributed by atoms with Crippen molar-refractivity contribution in [3.8, 4) is 0 Å². The third kappa shape index (κ3) is 2.06. The summed E-state index contributed by atoms with van der Waals surface area (Å²) in [6, 6.07) is 6.55. The summed E-state index contributed by atoms with van der Waals surface area (Å²) in [5.41, 5.74) is 8.72. The van der Waals surface area contributed by atoms with Gasteiger partial charge >= 0.3 is 0 Å². The molecule has 13 heavy (non-hydrogen) atoms. The maximum Gasteiger partial charge on any atom is 0.0669 e. The van der Waals surface area contributed by atoms with E-state index in [4.69, 9.17) is 5.73 Å². The van der Waals surface area contributed by atoms with Crippen LogP contribution < -0.4 is 5.73 Å². The maximum atomic E-state index is 6.06. The Balaban J connectivity index is 2.23. The topological polar surface area (TPSA) is 26.0 Å². The molecule has 0 aromatic heterocycles. The molecule has 0 aliphatic heterocycles. The van der Waals surface area contributed by atoms with Gasteiger partial charge in [0.15, 0.2) is 0 Å². The highest BCUT2D eigenvalue weighted by molar-refractivity contribution is 8.01. The van der Waals surface area contributed by atoms with Crippen LogP contribution in [0.3, 0.4) is 0 Å². The number of aryl methyl sites for hydroxylation is 2. The summed E-state index contributed by atoms with van der Waals surface area (Å²) in [4.78, 5) is 1.40. The molecule has 0 saturated heterocycles. The van der Waals surface area contributed by atoms with Gasteiger partial charge in [0.1, 0.15) is 0 Å². The Morgan fingerprint density at radius 2 is 2.00 bits per heavy atom. The van der Waals surface area contributed by atoms with E-state index >= 15 is 0 Å². The van der Waals surface area contributed by atoms with Crippen LogP contribution >= 0.6 is 11.8 Å². The average molecular weight is 193 g/mol. The quantitative estimate of drug-likeness (QED) is 0.731. The Labute approximate surface area is 83.7 Å². The fraction of sp³-hybridized carbons (Fsp3) is 0.455. The predicted molar refractivity (Wildman–Crippen MR) is 57.9 cm³/mol. The van der Waals surface area contributed by atoms with Gasteiger partial charge in [0, 0.05) is 4.90 Å². The van der Waals surface area contributed by atoms with E-state index in [1.54, 1.807) is 0 Å². The highest BCUT2D eigenvalue weighted by Crippen LogP contribution is 2.47. The lowest BCUT2D eigenvalue weighted by atomic mass is 10.2.